The number of rotatable bonds is 25. The lowest BCUT2D eigenvalue weighted by Gasteiger charge is -2.58. The second-order valence-corrected chi connectivity index (χ2v) is 20.4. The van der Waals surface area contributed by atoms with Crippen LogP contribution in [0.25, 0.3) is 0 Å². The summed E-state index contributed by atoms with van der Waals surface area (Å²) < 4.78 is 41.6. The van der Waals surface area contributed by atoms with Crippen molar-refractivity contribution in [3.8, 4) is 0 Å². The fraction of sp³-hybridized carbons (Fsp3) is 0.884. The van der Waals surface area contributed by atoms with E-state index < -0.39 is 7.60 Å². The molecule has 3 fully saturated rings. The number of nitrogens with zero attached hydrogens (tertiary/aromatic N) is 1. The van der Waals surface area contributed by atoms with Gasteiger partial charge in [-0.05, 0) is 117 Å². The van der Waals surface area contributed by atoms with Gasteiger partial charge < -0.3 is 45.5 Å². The largest absolute Gasteiger partial charge is 0.446 e. The number of hydrogen-bond acceptors (Lipinski definition) is 9. The summed E-state index contributed by atoms with van der Waals surface area (Å²) in [5.41, 5.74) is 13.5. The summed E-state index contributed by atoms with van der Waals surface area (Å²) in [6.45, 7) is 16.5. The number of ether oxygens (including phenoxy) is 3. The Bertz CT molecular complexity index is 1360. The standard InChI is InChI=1S/C43H78N5O7P/c1-31(2)10-7-11-32(3)37-15-16-38-36-14-13-34-30-35(17-19-42(34,5)39(36)18-20-43(37,38)6)55-41(49)48-21-25-52-28-27-51-23-9-29-56(50,53-24-8-12-33(4)44)54-26-22-47-40(45)46/h13,31-32,35-39,44H,7-12,14-30H2,1-6H3,(H,48,49)(H4,45,46,47). The van der Waals surface area contributed by atoms with E-state index in [0.717, 1.165) is 54.8 Å². The molecule has 9 atom stereocenters. The topological polar surface area (TPSA) is 181 Å². The van der Waals surface area contributed by atoms with Crippen molar-refractivity contribution in [1.82, 2.24) is 5.32 Å². The van der Waals surface area contributed by atoms with Gasteiger partial charge in [-0.1, -0.05) is 65.5 Å². The normalized spacial score (nSPS) is 30.0. The third-order valence-corrected chi connectivity index (χ3v) is 15.8. The summed E-state index contributed by atoms with van der Waals surface area (Å²) in [7, 11) is -3.35. The van der Waals surface area contributed by atoms with E-state index in [2.05, 4.69) is 51.0 Å². The highest BCUT2D eigenvalue weighted by molar-refractivity contribution is 7.53. The fourth-order valence-electron chi connectivity index (χ4n) is 10.9. The lowest BCUT2D eigenvalue weighted by molar-refractivity contribution is -0.0581. The monoisotopic (exact) mass is 808 g/mol. The van der Waals surface area contributed by atoms with Gasteiger partial charge in [-0.2, -0.15) is 0 Å². The Hall–Kier alpha value is -1.98. The first-order valence-electron chi connectivity index (χ1n) is 21.9. The average Bonchev–Trinajstić information content (AvgIpc) is 3.50. The Morgan fingerprint density at radius 2 is 1.70 bits per heavy atom. The second-order valence-electron chi connectivity index (χ2n) is 18.3. The number of carbonyl (C=O) groups excluding carboxylic acids is 1. The number of allylic oxidation sites excluding steroid dienone is 1. The maximum absolute atomic E-state index is 13.2. The van der Waals surface area contributed by atoms with Crippen LogP contribution in [0.1, 0.15) is 131 Å². The molecule has 0 heterocycles. The molecule has 0 aromatic heterocycles. The van der Waals surface area contributed by atoms with Crippen LogP contribution in [0.3, 0.4) is 0 Å². The van der Waals surface area contributed by atoms with Crippen LogP contribution in [0.4, 0.5) is 4.79 Å². The molecule has 0 spiro atoms. The Morgan fingerprint density at radius 3 is 2.43 bits per heavy atom. The molecule has 0 aliphatic heterocycles. The van der Waals surface area contributed by atoms with Crippen molar-refractivity contribution in [2.75, 3.05) is 58.9 Å². The molecule has 1 amide bonds. The van der Waals surface area contributed by atoms with Gasteiger partial charge in [-0.25, -0.2) is 4.79 Å². The minimum Gasteiger partial charge on any atom is -0.446 e. The molecule has 3 saturated carbocycles. The van der Waals surface area contributed by atoms with E-state index in [1.54, 1.807) is 6.92 Å². The van der Waals surface area contributed by atoms with Gasteiger partial charge in [0.15, 0.2) is 5.96 Å². The number of carbonyl (C=O) groups is 1. The summed E-state index contributed by atoms with van der Waals surface area (Å²) in [6.07, 6.45) is 17.7. The zero-order chi connectivity index (χ0) is 40.8. The van der Waals surface area contributed by atoms with E-state index in [1.165, 1.54) is 56.9 Å². The van der Waals surface area contributed by atoms with Crippen LogP contribution in [0.2, 0.25) is 0 Å². The van der Waals surface area contributed by atoms with E-state index in [-0.39, 0.29) is 49.5 Å². The molecule has 56 heavy (non-hydrogen) atoms. The van der Waals surface area contributed by atoms with Gasteiger partial charge in [0.1, 0.15) is 6.10 Å². The quantitative estimate of drug-likeness (QED) is 0.0230. The highest BCUT2D eigenvalue weighted by Gasteiger charge is 2.59. The molecule has 0 bridgehead atoms. The molecule has 0 aromatic carbocycles. The molecule has 13 heteroatoms. The molecule has 322 valence electrons. The number of aliphatic imine (C=N–C) groups is 1. The maximum Gasteiger partial charge on any atom is 0.407 e. The Morgan fingerprint density at radius 1 is 0.946 bits per heavy atom. The van der Waals surface area contributed by atoms with Crippen molar-refractivity contribution in [2.45, 2.75) is 138 Å². The van der Waals surface area contributed by atoms with Crippen molar-refractivity contribution in [3.05, 3.63) is 11.6 Å². The van der Waals surface area contributed by atoms with Crippen LogP contribution in [-0.2, 0) is 27.8 Å². The van der Waals surface area contributed by atoms with Crippen LogP contribution in [0.15, 0.2) is 16.6 Å². The third-order valence-electron chi connectivity index (χ3n) is 13.8. The number of alkyl carbamates (subject to hydrolysis) is 1. The van der Waals surface area contributed by atoms with Gasteiger partial charge in [0.05, 0.1) is 45.7 Å². The molecule has 9 unspecified atom stereocenters. The van der Waals surface area contributed by atoms with Gasteiger partial charge >= 0.3 is 13.7 Å². The van der Waals surface area contributed by atoms with Crippen molar-refractivity contribution >= 4 is 25.4 Å². The molecular weight excluding hydrogens is 729 g/mol. The lowest BCUT2D eigenvalue weighted by Crippen LogP contribution is -2.51. The molecule has 0 saturated heterocycles. The summed E-state index contributed by atoms with van der Waals surface area (Å²) in [6, 6.07) is 0. The van der Waals surface area contributed by atoms with Gasteiger partial charge in [0.25, 0.3) is 0 Å². The number of guanidine groups is 1. The van der Waals surface area contributed by atoms with Crippen molar-refractivity contribution in [1.29, 1.82) is 5.41 Å². The van der Waals surface area contributed by atoms with Crippen LogP contribution < -0.4 is 16.8 Å². The third kappa shape index (κ3) is 13.5. The molecule has 4 aliphatic rings. The number of amides is 1. The van der Waals surface area contributed by atoms with Crippen LogP contribution in [-0.4, -0.2) is 82.8 Å². The molecule has 4 aliphatic carbocycles. The Labute approximate surface area is 338 Å². The van der Waals surface area contributed by atoms with E-state index in [1.807, 2.05) is 0 Å². The molecule has 4 rings (SSSR count). The van der Waals surface area contributed by atoms with E-state index in [0.29, 0.717) is 63.4 Å². The first kappa shape index (κ1) is 46.7. The van der Waals surface area contributed by atoms with E-state index >= 15 is 0 Å². The SMILES string of the molecule is CC(=N)CCCOP(=O)(CCCOCCOCCNC(=O)OC1CCC2(C)C(=CCC3C2CCC2(C)C(C(C)CCCC(C)C)CCC32)C1)OCCN=C(N)N. The van der Waals surface area contributed by atoms with Gasteiger partial charge in [0.2, 0.25) is 0 Å². The number of nitrogens with one attached hydrogen (secondary N) is 2. The van der Waals surface area contributed by atoms with Gasteiger partial charge in [0, 0.05) is 25.3 Å². The Kier molecular flexibility index (Phi) is 18.7. The van der Waals surface area contributed by atoms with Crippen molar-refractivity contribution in [3.63, 3.8) is 0 Å². The number of fused-ring (bicyclic) bond motifs is 5. The minimum absolute atomic E-state index is 0.0559. The first-order valence-corrected chi connectivity index (χ1v) is 23.7. The van der Waals surface area contributed by atoms with E-state index in [9.17, 15) is 9.36 Å². The molecule has 6 N–H and O–H groups in total. The molecule has 0 aromatic rings. The van der Waals surface area contributed by atoms with Crippen molar-refractivity contribution < 1.29 is 32.6 Å². The van der Waals surface area contributed by atoms with Gasteiger partial charge in [-0.15, -0.1) is 0 Å². The summed E-state index contributed by atoms with van der Waals surface area (Å²) >= 11 is 0. The molecule has 0 radical (unpaired) electrons. The number of nitrogens with two attached hydrogens (primary N) is 2. The average molecular weight is 808 g/mol. The molecular formula is C43H78N5O7P. The zero-order valence-corrected chi connectivity index (χ0v) is 36.7. The predicted molar refractivity (Wildman–Crippen MR) is 225 cm³/mol. The minimum atomic E-state index is -3.35. The van der Waals surface area contributed by atoms with Crippen LogP contribution in [0.5, 0.6) is 0 Å². The maximum atomic E-state index is 13.2. The zero-order valence-electron chi connectivity index (χ0n) is 35.8. The lowest BCUT2D eigenvalue weighted by atomic mass is 9.47. The number of hydrogen-bond donors (Lipinski definition) is 4. The van der Waals surface area contributed by atoms with Crippen LogP contribution >= 0.6 is 7.60 Å². The molecule has 12 nitrogen and oxygen atoms in total. The fourth-order valence-corrected chi connectivity index (χ4v) is 12.5. The Balaban J connectivity index is 1.10. The highest BCUT2D eigenvalue weighted by Crippen LogP contribution is 2.67. The first-order chi connectivity index (χ1) is 26.7. The second kappa shape index (κ2) is 22.4. The summed E-state index contributed by atoms with van der Waals surface area (Å²) in [4.78, 5) is 16.6. The predicted octanol–water partition coefficient (Wildman–Crippen LogP) is 8.87. The van der Waals surface area contributed by atoms with E-state index in [4.69, 9.17) is 40.1 Å². The summed E-state index contributed by atoms with van der Waals surface area (Å²) in [5, 5.41) is 10.4. The highest BCUT2D eigenvalue weighted by atomic mass is 31.2. The van der Waals surface area contributed by atoms with Crippen LogP contribution in [0, 0.1) is 51.7 Å². The van der Waals surface area contributed by atoms with Crippen molar-refractivity contribution in [2.24, 2.45) is 62.8 Å². The summed E-state index contributed by atoms with van der Waals surface area (Å²) in [5.74, 6) is 4.85. The smallest absolute Gasteiger partial charge is 0.407 e. The van der Waals surface area contributed by atoms with Gasteiger partial charge in [-0.3, -0.25) is 9.56 Å².